The highest BCUT2D eigenvalue weighted by Gasteiger charge is 2.38. The van der Waals surface area contributed by atoms with Crippen molar-refractivity contribution in [2.24, 2.45) is 0 Å². The van der Waals surface area contributed by atoms with Crippen LogP contribution in [0, 0.1) is 0 Å². The van der Waals surface area contributed by atoms with Crippen LogP contribution in [0.15, 0.2) is 47.4 Å². The molecule has 2 heterocycles. The summed E-state index contributed by atoms with van der Waals surface area (Å²) < 4.78 is 66.7. The van der Waals surface area contributed by atoms with Crippen molar-refractivity contribution in [2.45, 2.75) is 42.8 Å². The van der Waals surface area contributed by atoms with Crippen LogP contribution in [0.2, 0.25) is 5.02 Å². The lowest BCUT2D eigenvalue weighted by molar-refractivity contribution is -0.140. The van der Waals surface area contributed by atoms with E-state index in [-0.39, 0.29) is 17.6 Å². The summed E-state index contributed by atoms with van der Waals surface area (Å²) in [7, 11) is -1.86. The minimum absolute atomic E-state index is 0.0980. The maximum atomic E-state index is 13.7. The molecule has 0 unspecified atom stereocenters. The number of hydrogen-bond acceptors (Lipinski definition) is 6. The zero-order valence-corrected chi connectivity index (χ0v) is 24.9. The van der Waals surface area contributed by atoms with E-state index in [1.54, 1.807) is 0 Å². The molecule has 2 fully saturated rings. The SMILES string of the molecule is CN(C)S(=O)(=O)c1ccc(NC2CCN(C(=O)CCCN3CCN(c4ccc(Cl)cc4)CC3)CC2)cc1C(F)(F)F. The molecule has 2 aliphatic rings. The average molecular weight is 616 g/mol. The van der Waals surface area contributed by atoms with Crippen LogP contribution in [0.3, 0.4) is 0 Å². The minimum atomic E-state index is -4.82. The lowest BCUT2D eigenvalue weighted by atomic mass is 10.0. The molecule has 8 nitrogen and oxygen atoms in total. The monoisotopic (exact) mass is 615 g/mol. The highest BCUT2D eigenvalue weighted by Crippen LogP contribution is 2.37. The number of piperidine rings is 1. The van der Waals surface area contributed by atoms with E-state index < -0.39 is 26.7 Å². The number of alkyl halides is 3. The van der Waals surface area contributed by atoms with Crippen molar-refractivity contribution in [1.82, 2.24) is 14.1 Å². The van der Waals surface area contributed by atoms with Gasteiger partial charge in [-0.2, -0.15) is 13.2 Å². The molecule has 226 valence electrons. The Hall–Kier alpha value is -2.54. The minimum Gasteiger partial charge on any atom is -0.382 e. The Kier molecular flexibility index (Phi) is 10.1. The van der Waals surface area contributed by atoms with Gasteiger partial charge in [0.05, 0.1) is 10.5 Å². The van der Waals surface area contributed by atoms with Gasteiger partial charge in [-0.3, -0.25) is 9.69 Å². The van der Waals surface area contributed by atoms with Gasteiger partial charge in [0, 0.05) is 82.2 Å². The maximum absolute atomic E-state index is 13.7. The molecule has 1 N–H and O–H groups in total. The first-order chi connectivity index (χ1) is 19.3. The topological polar surface area (TPSA) is 76.2 Å². The van der Waals surface area contributed by atoms with Gasteiger partial charge in [-0.25, -0.2) is 12.7 Å². The number of carbonyl (C=O) groups excluding carboxylic acids is 1. The Balaban J connectivity index is 1.21. The fraction of sp³-hybridized carbons (Fsp3) is 0.536. The van der Waals surface area contributed by atoms with E-state index in [0.717, 1.165) is 66.3 Å². The van der Waals surface area contributed by atoms with Crippen LogP contribution in [-0.4, -0.2) is 94.4 Å². The first kappa shape index (κ1) is 31.4. The van der Waals surface area contributed by atoms with E-state index in [1.165, 1.54) is 20.2 Å². The van der Waals surface area contributed by atoms with Gasteiger partial charge in [0.15, 0.2) is 0 Å². The van der Waals surface area contributed by atoms with Crippen LogP contribution in [0.4, 0.5) is 24.5 Å². The van der Waals surface area contributed by atoms with E-state index in [2.05, 4.69) is 15.1 Å². The third-order valence-electron chi connectivity index (χ3n) is 7.69. The van der Waals surface area contributed by atoms with Gasteiger partial charge in [-0.1, -0.05) is 11.6 Å². The molecule has 0 aromatic heterocycles. The zero-order chi connectivity index (χ0) is 29.8. The molecule has 41 heavy (non-hydrogen) atoms. The van der Waals surface area contributed by atoms with E-state index in [1.807, 2.05) is 29.2 Å². The molecule has 0 atom stereocenters. The smallest absolute Gasteiger partial charge is 0.382 e. The van der Waals surface area contributed by atoms with Gasteiger partial charge in [-0.15, -0.1) is 0 Å². The van der Waals surface area contributed by atoms with Crippen LogP contribution in [0.5, 0.6) is 0 Å². The first-order valence-corrected chi connectivity index (χ1v) is 15.6. The molecule has 4 rings (SSSR count). The molecule has 2 aromatic carbocycles. The van der Waals surface area contributed by atoms with E-state index in [0.29, 0.717) is 32.4 Å². The van der Waals surface area contributed by atoms with E-state index >= 15 is 0 Å². The predicted octanol–water partition coefficient (Wildman–Crippen LogP) is 4.61. The lowest BCUT2D eigenvalue weighted by Gasteiger charge is -2.36. The lowest BCUT2D eigenvalue weighted by Crippen LogP contribution is -2.47. The highest BCUT2D eigenvalue weighted by molar-refractivity contribution is 7.89. The molecule has 2 aliphatic heterocycles. The molecule has 13 heteroatoms. The Bertz CT molecular complexity index is 1290. The molecule has 2 saturated heterocycles. The quantitative estimate of drug-likeness (QED) is 0.444. The largest absolute Gasteiger partial charge is 0.417 e. The summed E-state index contributed by atoms with van der Waals surface area (Å²) >= 11 is 5.98. The number of sulfonamides is 1. The second kappa shape index (κ2) is 13.2. The van der Waals surface area contributed by atoms with Crippen LogP contribution in [0.25, 0.3) is 0 Å². The number of nitrogens with one attached hydrogen (secondary N) is 1. The number of nitrogens with zero attached hydrogens (tertiary/aromatic N) is 4. The second-order valence-corrected chi connectivity index (χ2v) is 13.3. The van der Waals surface area contributed by atoms with Crippen LogP contribution >= 0.6 is 11.6 Å². The third-order valence-corrected chi connectivity index (χ3v) is 9.82. The van der Waals surface area contributed by atoms with Gasteiger partial charge in [0.25, 0.3) is 0 Å². The highest BCUT2D eigenvalue weighted by atomic mass is 35.5. The van der Waals surface area contributed by atoms with Gasteiger partial charge in [0.2, 0.25) is 15.9 Å². The first-order valence-electron chi connectivity index (χ1n) is 13.8. The number of hydrogen-bond donors (Lipinski definition) is 1. The Morgan fingerprint density at radius 2 is 1.63 bits per heavy atom. The predicted molar refractivity (Wildman–Crippen MR) is 155 cm³/mol. The molecule has 0 bridgehead atoms. The molecule has 0 aliphatic carbocycles. The number of halogens is 4. The molecule has 1 amide bonds. The molecule has 2 aromatic rings. The summed E-state index contributed by atoms with van der Waals surface area (Å²) in [4.78, 5) is 18.6. The number of piperazine rings is 1. The van der Waals surface area contributed by atoms with Crippen molar-refractivity contribution in [1.29, 1.82) is 0 Å². The van der Waals surface area contributed by atoms with Crippen LogP contribution in [-0.2, 0) is 21.0 Å². The van der Waals surface area contributed by atoms with E-state index in [4.69, 9.17) is 11.6 Å². The average Bonchev–Trinajstić information content (AvgIpc) is 2.93. The van der Waals surface area contributed by atoms with Crippen molar-refractivity contribution < 1.29 is 26.4 Å². The van der Waals surface area contributed by atoms with Crippen molar-refractivity contribution >= 4 is 38.9 Å². The van der Waals surface area contributed by atoms with Crippen molar-refractivity contribution in [3.8, 4) is 0 Å². The van der Waals surface area contributed by atoms with Gasteiger partial charge >= 0.3 is 6.18 Å². The number of anilines is 2. The van der Waals surface area contributed by atoms with Gasteiger partial charge in [-0.05, 0) is 68.3 Å². The molecule has 0 radical (unpaired) electrons. The van der Waals surface area contributed by atoms with Crippen molar-refractivity contribution in [2.75, 3.05) is 70.1 Å². The van der Waals surface area contributed by atoms with Gasteiger partial charge in [0.1, 0.15) is 0 Å². The number of carbonyl (C=O) groups is 1. The maximum Gasteiger partial charge on any atom is 0.417 e. The number of likely N-dealkylation sites (tertiary alicyclic amines) is 1. The van der Waals surface area contributed by atoms with Crippen molar-refractivity contribution in [3.05, 3.63) is 53.1 Å². The molecular formula is C28H37ClF3N5O3S. The Morgan fingerprint density at radius 3 is 2.22 bits per heavy atom. The summed E-state index contributed by atoms with van der Waals surface area (Å²) in [6.45, 7) is 5.63. The normalized spacial score (nSPS) is 17.7. The zero-order valence-electron chi connectivity index (χ0n) is 23.3. The number of amides is 1. The molecule has 0 spiro atoms. The van der Waals surface area contributed by atoms with Gasteiger partial charge < -0.3 is 15.1 Å². The molecule has 0 saturated carbocycles. The second-order valence-electron chi connectivity index (χ2n) is 10.7. The summed E-state index contributed by atoms with van der Waals surface area (Å²) in [6.07, 6.45) is -2.39. The standard InChI is InChI=1S/C28H37ClF3N5O3S/c1-34(2)41(39,40)26-10-7-23(20-25(26)28(30,31)32)33-22-11-14-37(15-12-22)27(38)4-3-13-35-16-18-36(19-17-35)24-8-5-21(29)6-9-24/h5-10,20,22,33H,3-4,11-19H2,1-2H3. The van der Waals surface area contributed by atoms with E-state index in [9.17, 15) is 26.4 Å². The summed E-state index contributed by atoms with van der Waals surface area (Å²) in [5, 5.41) is 3.83. The van der Waals surface area contributed by atoms with Crippen LogP contribution < -0.4 is 10.2 Å². The fourth-order valence-electron chi connectivity index (χ4n) is 5.27. The summed E-state index contributed by atoms with van der Waals surface area (Å²) in [5.74, 6) is 0.0980. The van der Waals surface area contributed by atoms with Crippen molar-refractivity contribution in [3.63, 3.8) is 0 Å². The molecular weight excluding hydrogens is 579 g/mol. The summed E-state index contributed by atoms with van der Waals surface area (Å²) in [6, 6.07) is 10.9. The number of rotatable bonds is 9. The summed E-state index contributed by atoms with van der Waals surface area (Å²) in [5.41, 5.74) is 0.170. The number of benzene rings is 2. The Labute approximate surface area is 245 Å². The fourth-order valence-corrected chi connectivity index (χ4v) is 6.48. The Morgan fingerprint density at radius 1 is 1.00 bits per heavy atom. The van der Waals surface area contributed by atoms with Crippen LogP contribution in [0.1, 0.15) is 31.2 Å². The third kappa shape index (κ3) is 8.06.